The largest absolute Gasteiger partial charge is 0.486 e. The third-order valence-corrected chi connectivity index (χ3v) is 3.29. The van der Waals surface area contributed by atoms with Crippen molar-refractivity contribution in [2.75, 3.05) is 18.5 Å². The minimum atomic E-state index is -0.621. The zero-order valence-corrected chi connectivity index (χ0v) is 14.4. The van der Waals surface area contributed by atoms with Gasteiger partial charge in [-0.2, -0.15) is 0 Å². The van der Waals surface area contributed by atoms with Crippen molar-refractivity contribution in [1.29, 1.82) is 0 Å². The van der Waals surface area contributed by atoms with Crippen LogP contribution in [0.25, 0.3) is 0 Å². The number of pyridine rings is 1. The highest BCUT2D eigenvalue weighted by molar-refractivity contribution is 9.10. The summed E-state index contributed by atoms with van der Waals surface area (Å²) in [7, 11) is 0. The standard InChI is InChI=1S/C17H17BrN2O4/c18-14-10-15(23-9-5-4-8-21)16(19-11-14)20-17(22)24-12-13-6-2-1-3-7-13/h1-7,10-11,21H,8-9,12H2,(H,19,20,22)/b5-4-. The van der Waals surface area contributed by atoms with Crippen molar-refractivity contribution in [1.82, 2.24) is 4.98 Å². The molecule has 0 aliphatic heterocycles. The molecule has 0 unspecified atom stereocenters. The average Bonchev–Trinajstić information content (AvgIpc) is 2.60. The Hall–Kier alpha value is -2.38. The monoisotopic (exact) mass is 392 g/mol. The van der Waals surface area contributed by atoms with Gasteiger partial charge in [-0.15, -0.1) is 0 Å². The number of aromatic nitrogens is 1. The van der Waals surface area contributed by atoms with Crippen molar-refractivity contribution >= 4 is 27.8 Å². The number of benzene rings is 1. The number of hydrogen-bond acceptors (Lipinski definition) is 5. The molecule has 0 bridgehead atoms. The maximum atomic E-state index is 11.9. The summed E-state index contributed by atoms with van der Waals surface area (Å²) in [5.74, 6) is 0.650. The Kier molecular flexibility index (Phi) is 7.25. The predicted molar refractivity (Wildman–Crippen MR) is 93.9 cm³/mol. The molecule has 6 nitrogen and oxygen atoms in total. The molecular formula is C17H17BrN2O4. The molecule has 0 saturated carbocycles. The Bertz CT molecular complexity index is 692. The normalized spacial score (nSPS) is 10.6. The molecule has 2 aromatic rings. The second-order valence-electron chi connectivity index (χ2n) is 4.65. The molecule has 0 radical (unpaired) electrons. The summed E-state index contributed by atoms with van der Waals surface area (Å²) < 4.78 is 11.4. The zero-order chi connectivity index (χ0) is 17.2. The van der Waals surface area contributed by atoms with Crippen LogP contribution in [0.2, 0.25) is 0 Å². The second kappa shape index (κ2) is 9.69. The number of carbonyl (C=O) groups is 1. The summed E-state index contributed by atoms with van der Waals surface area (Å²) in [4.78, 5) is 16.0. The SMILES string of the molecule is O=C(Nc1ncc(Br)cc1OC/C=C\CO)OCc1ccccc1. The van der Waals surface area contributed by atoms with Gasteiger partial charge in [0, 0.05) is 10.7 Å². The van der Waals surface area contributed by atoms with Gasteiger partial charge in [0.2, 0.25) is 0 Å². The molecule has 0 aliphatic rings. The smallest absolute Gasteiger partial charge is 0.413 e. The highest BCUT2D eigenvalue weighted by atomic mass is 79.9. The fourth-order valence-corrected chi connectivity index (χ4v) is 2.07. The molecule has 7 heteroatoms. The molecule has 0 atom stereocenters. The molecule has 1 aromatic carbocycles. The number of ether oxygens (including phenoxy) is 2. The number of aliphatic hydroxyl groups is 1. The summed E-state index contributed by atoms with van der Waals surface area (Å²) in [5.41, 5.74) is 0.891. The van der Waals surface area contributed by atoms with E-state index in [4.69, 9.17) is 14.6 Å². The van der Waals surface area contributed by atoms with E-state index in [1.165, 1.54) is 0 Å². The van der Waals surface area contributed by atoms with Crippen LogP contribution in [0.15, 0.2) is 59.2 Å². The molecule has 2 N–H and O–H groups in total. The Morgan fingerprint density at radius 3 is 2.83 bits per heavy atom. The summed E-state index contributed by atoms with van der Waals surface area (Å²) in [6, 6.07) is 11.1. The number of anilines is 1. The van der Waals surface area contributed by atoms with E-state index < -0.39 is 6.09 Å². The highest BCUT2D eigenvalue weighted by Gasteiger charge is 2.11. The fraction of sp³-hybridized carbons (Fsp3) is 0.176. The minimum absolute atomic E-state index is 0.0585. The molecule has 0 fully saturated rings. The maximum Gasteiger partial charge on any atom is 0.413 e. The number of carbonyl (C=O) groups excluding carboxylic acids is 1. The highest BCUT2D eigenvalue weighted by Crippen LogP contribution is 2.26. The third-order valence-electron chi connectivity index (χ3n) is 2.86. The molecule has 1 heterocycles. The number of rotatable bonds is 7. The minimum Gasteiger partial charge on any atom is -0.486 e. The van der Waals surface area contributed by atoms with Crippen LogP contribution in [0.1, 0.15) is 5.56 Å². The van der Waals surface area contributed by atoms with E-state index >= 15 is 0 Å². The van der Waals surface area contributed by atoms with Crippen LogP contribution < -0.4 is 10.1 Å². The third kappa shape index (κ3) is 6.02. The predicted octanol–water partition coefficient (Wildman–Crippen LogP) is 3.52. The molecule has 1 aromatic heterocycles. The van der Waals surface area contributed by atoms with Gasteiger partial charge in [-0.3, -0.25) is 5.32 Å². The number of nitrogens with one attached hydrogen (secondary N) is 1. The van der Waals surface area contributed by atoms with Crippen LogP contribution in [0.3, 0.4) is 0 Å². The zero-order valence-electron chi connectivity index (χ0n) is 12.8. The molecule has 0 spiro atoms. The lowest BCUT2D eigenvalue weighted by Crippen LogP contribution is -2.15. The fourth-order valence-electron chi connectivity index (χ4n) is 1.76. The molecular weight excluding hydrogens is 376 g/mol. The Balaban J connectivity index is 1.94. The number of amides is 1. The molecule has 2 rings (SSSR count). The molecule has 0 saturated heterocycles. The van der Waals surface area contributed by atoms with Gasteiger partial charge in [0.1, 0.15) is 13.2 Å². The van der Waals surface area contributed by atoms with Crippen molar-refractivity contribution in [3.05, 3.63) is 64.8 Å². The van der Waals surface area contributed by atoms with E-state index in [9.17, 15) is 4.79 Å². The first-order valence-electron chi connectivity index (χ1n) is 7.21. The summed E-state index contributed by atoms with van der Waals surface area (Å²) in [6.07, 6.45) is 4.15. The van der Waals surface area contributed by atoms with Crippen LogP contribution in [0, 0.1) is 0 Å². The van der Waals surface area contributed by atoms with Gasteiger partial charge < -0.3 is 14.6 Å². The van der Waals surface area contributed by atoms with Crippen LogP contribution in [0.5, 0.6) is 5.75 Å². The Labute approximate surface area is 148 Å². The van der Waals surface area contributed by atoms with E-state index in [-0.39, 0.29) is 25.6 Å². The quantitative estimate of drug-likeness (QED) is 0.704. The summed E-state index contributed by atoms with van der Waals surface area (Å²) in [6.45, 7) is 0.349. The lowest BCUT2D eigenvalue weighted by Gasteiger charge is -2.11. The van der Waals surface area contributed by atoms with Crippen molar-refractivity contribution in [3.63, 3.8) is 0 Å². The van der Waals surface area contributed by atoms with Crippen molar-refractivity contribution in [2.45, 2.75) is 6.61 Å². The molecule has 1 amide bonds. The Morgan fingerprint density at radius 2 is 2.08 bits per heavy atom. The van der Waals surface area contributed by atoms with Gasteiger partial charge in [-0.05, 0) is 33.6 Å². The van der Waals surface area contributed by atoms with E-state index in [2.05, 4.69) is 26.2 Å². The maximum absolute atomic E-state index is 11.9. The van der Waals surface area contributed by atoms with Crippen LogP contribution >= 0.6 is 15.9 Å². The summed E-state index contributed by atoms with van der Waals surface area (Å²) in [5, 5.41) is 11.3. The number of aliphatic hydroxyl groups excluding tert-OH is 1. The van der Waals surface area contributed by atoms with Gasteiger partial charge in [0.05, 0.1) is 6.61 Å². The van der Waals surface area contributed by atoms with Gasteiger partial charge in [0.25, 0.3) is 0 Å². The van der Waals surface area contributed by atoms with Crippen molar-refractivity contribution < 1.29 is 19.4 Å². The van der Waals surface area contributed by atoms with E-state index in [1.807, 2.05) is 30.3 Å². The molecule has 126 valence electrons. The van der Waals surface area contributed by atoms with Gasteiger partial charge >= 0.3 is 6.09 Å². The number of nitrogens with zero attached hydrogens (tertiary/aromatic N) is 1. The van der Waals surface area contributed by atoms with E-state index in [0.717, 1.165) is 5.56 Å². The number of hydrogen-bond donors (Lipinski definition) is 2. The van der Waals surface area contributed by atoms with Crippen molar-refractivity contribution in [3.8, 4) is 5.75 Å². The number of halogens is 1. The lowest BCUT2D eigenvalue weighted by atomic mass is 10.2. The van der Waals surface area contributed by atoms with Gasteiger partial charge in [0.15, 0.2) is 11.6 Å². The van der Waals surface area contributed by atoms with Crippen LogP contribution in [0.4, 0.5) is 10.6 Å². The first-order valence-corrected chi connectivity index (χ1v) is 8.00. The second-order valence-corrected chi connectivity index (χ2v) is 5.57. The Morgan fingerprint density at radius 1 is 1.29 bits per heavy atom. The van der Waals surface area contributed by atoms with Gasteiger partial charge in [-0.1, -0.05) is 36.4 Å². The van der Waals surface area contributed by atoms with E-state index in [1.54, 1.807) is 24.4 Å². The van der Waals surface area contributed by atoms with Gasteiger partial charge in [-0.25, -0.2) is 9.78 Å². The van der Waals surface area contributed by atoms with Crippen molar-refractivity contribution in [2.24, 2.45) is 0 Å². The van der Waals surface area contributed by atoms with Crippen LogP contribution in [-0.2, 0) is 11.3 Å². The topological polar surface area (TPSA) is 80.7 Å². The molecule has 0 aliphatic carbocycles. The average molecular weight is 393 g/mol. The van der Waals surface area contributed by atoms with Crippen LogP contribution in [-0.4, -0.2) is 29.4 Å². The van der Waals surface area contributed by atoms with E-state index in [0.29, 0.717) is 10.2 Å². The lowest BCUT2D eigenvalue weighted by molar-refractivity contribution is 0.155. The first-order chi connectivity index (χ1) is 11.7. The summed E-state index contributed by atoms with van der Waals surface area (Å²) >= 11 is 3.30. The first kappa shape index (κ1) is 18.0. The molecule has 24 heavy (non-hydrogen) atoms.